The van der Waals surface area contributed by atoms with Crippen molar-refractivity contribution in [1.29, 1.82) is 0 Å². The molecule has 0 bridgehead atoms. The molecule has 0 aliphatic carbocycles. The van der Waals surface area contributed by atoms with Crippen molar-refractivity contribution in [3.05, 3.63) is 180 Å². The number of rotatable bonds is 15. The van der Waals surface area contributed by atoms with E-state index in [9.17, 15) is 27.6 Å². The fourth-order valence-electron chi connectivity index (χ4n) is 6.14. The highest BCUT2D eigenvalue weighted by Crippen LogP contribution is 2.34. The Morgan fingerprint density at radius 3 is 0.843 bits per heavy atom. The number of benzene rings is 6. The van der Waals surface area contributed by atoms with Crippen molar-refractivity contribution in [2.24, 2.45) is 0 Å². The van der Waals surface area contributed by atoms with Gasteiger partial charge in [0.2, 0.25) is 0 Å². The number of esters is 3. The fourth-order valence-corrected chi connectivity index (χ4v) is 8.18. The van der Waals surface area contributed by atoms with Crippen LogP contribution >= 0.6 is 0 Å². The van der Waals surface area contributed by atoms with Gasteiger partial charge in [-0.1, -0.05) is 35.5 Å². The van der Waals surface area contributed by atoms with Gasteiger partial charge in [0, 0.05) is 16.7 Å². The summed E-state index contributed by atoms with van der Waals surface area (Å²) >= 11 is 0. The van der Waals surface area contributed by atoms with E-state index in [2.05, 4.69) is 35.5 Å². The zero-order chi connectivity index (χ0) is 50.3. The minimum Gasteiger partial charge on any atom is -0.482 e. The first-order valence-corrected chi connectivity index (χ1v) is 23.0. The summed E-state index contributed by atoms with van der Waals surface area (Å²) in [6.45, 7) is 8.74. The molecule has 6 aromatic rings. The monoisotopic (exact) mass is 965 g/mol. The van der Waals surface area contributed by atoms with Gasteiger partial charge in [-0.15, -0.1) is 0 Å². The first-order chi connectivity index (χ1) is 33.3. The molecule has 0 atom stereocenters. The Balaban J connectivity index is 1.12. The average Bonchev–Trinajstić information content (AvgIpc) is 3.32. The quantitative estimate of drug-likeness (QED) is 0.0430. The van der Waals surface area contributed by atoms with Gasteiger partial charge in [-0.3, -0.25) is 0 Å². The highest BCUT2D eigenvalue weighted by atomic mass is 32.2. The number of halogens is 3. The van der Waals surface area contributed by atoms with E-state index in [1.54, 1.807) is 77.9 Å². The molecule has 0 saturated carbocycles. The molecule has 0 fully saturated rings. The van der Waals surface area contributed by atoms with Crippen LogP contribution in [-0.4, -0.2) is 54.5 Å². The molecule has 0 spiro atoms. The SMILES string of the molecule is CC(C)(C#Cc1ccc(F)cc1)OC(=O)COc1ccc([S+](c2ccc(OCC(=O)OC(C)(C)C#Cc3ccc(F)cc3)cc2)c2ccc(OCC(=O)OC(C)(C)C#Cc3ccc(F)cc3)cc2)cc1. The van der Waals surface area contributed by atoms with Crippen LogP contribution in [0.3, 0.4) is 0 Å². The second kappa shape index (κ2) is 23.3. The van der Waals surface area contributed by atoms with E-state index in [0.717, 1.165) is 14.7 Å². The van der Waals surface area contributed by atoms with Crippen molar-refractivity contribution in [3.8, 4) is 52.8 Å². The van der Waals surface area contributed by atoms with Crippen LogP contribution in [0.1, 0.15) is 58.2 Å². The van der Waals surface area contributed by atoms with Gasteiger partial charge in [0.15, 0.2) is 51.3 Å². The molecule has 70 heavy (non-hydrogen) atoms. The molecule has 6 rings (SSSR count). The number of hydrogen-bond donors (Lipinski definition) is 0. The summed E-state index contributed by atoms with van der Waals surface area (Å²) in [6.07, 6.45) is 0. The lowest BCUT2D eigenvalue weighted by Gasteiger charge is -2.19. The minimum absolute atomic E-state index is 0.376. The summed E-state index contributed by atoms with van der Waals surface area (Å²) in [6, 6.07) is 38.7. The molecule has 6 aromatic carbocycles. The normalized spacial score (nSPS) is 11.1. The van der Waals surface area contributed by atoms with Crippen molar-refractivity contribution < 1.29 is 56.0 Å². The van der Waals surface area contributed by atoms with E-state index >= 15 is 0 Å². The number of carbonyl (C=O) groups is 3. The summed E-state index contributed by atoms with van der Waals surface area (Å²) in [7, 11) is -0.726. The highest BCUT2D eigenvalue weighted by molar-refractivity contribution is 7.97. The van der Waals surface area contributed by atoms with Crippen LogP contribution in [0.5, 0.6) is 17.2 Å². The number of ether oxygens (including phenoxy) is 6. The maximum absolute atomic E-state index is 13.3. The third kappa shape index (κ3) is 16.6. The largest absolute Gasteiger partial charge is 0.482 e. The first-order valence-electron chi connectivity index (χ1n) is 21.7. The Morgan fingerprint density at radius 2 is 0.614 bits per heavy atom. The van der Waals surface area contributed by atoms with E-state index in [1.165, 1.54) is 72.8 Å². The molecule has 0 N–H and O–H groups in total. The smallest absolute Gasteiger partial charge is 0.345 e. The molecule has 9 nitrogen and oxygen atoms in total. The Morgan fingerprint density at radius 1 is 0.386 bits per heavy atom. The molecule has 0 aromatic heterocycles. The summed E-state index contributed by atoms with van der Waals surface area (Å²) < 4.78 is 73.9. The minimum atomic E-state index is -1.14. The van der Waals surface area contributed by atoms with Crippen molar-refractivity contribution in [2.75, 3.05) is 19.8 Å². The average molecular weight is 966 g/mol. The summed E-state index contributed by atoms with van der Waals surface area (Å²) in [5.41, 5.74) is -1.70. The maximum Gasteiger partial charge on any atom is 0.345 e. The summed E-state index contributed by atoms with van der Waals surface area (Å²) in [5, 5.41) is 0. The van der Waals surface area contributed by atoms with Gasteiger partial charge in [0.25, 0.3) is 0 Å². The van der Waals surface area contributed by atoms with Gasteiger partial charge in [-0.2, -0.15) is 0 Å². The lowest BCUT2D eigenvalue weighted by atomic mass is 10.1. The summed E-state index contributed by atoms with van der Waals surface area (Å²) in [4.78, 5) is 41.0. The van der Waals surface area contributed by atoms with Crippen molar-refractivity contribution in [1.82, 2.24) is 0 Å². The Labute approximate surface area is 408 Å². The Bertz CT molecular complexity index is 2630. The lowest BCUT2D eigenvalue weighted by molar-refractivity contribution is -0.155. The van der Waals surface area contributed by atoms with Gasteiger partial charge in [0.1, 0.15) is 34.7 Å². The molecule has 0 amide bonds. The summed E-state index contributed by atoms with van der Waals surface area (Å²) in [5.74, 6) is 15.5. The molecule has 0 aliphatic rings. The van der Waals surface area contributed by atoms with Crippen LogP contribution in [0.15, 0.2) is 160 Å². The second-order valence-electron chi connectivity index (χ2n) is 16.8. The van der Waals surface area contributed by atoms with Crippen LogP contribution in [0, 0.1) is 53.0 Å². The second-order valence-corrected chi connectivity index (χ2v) is 18.8. The van der Waals surface area contributed by atoms with Crippen molar-refractivity contribution in [3.63, 3.8) is 0 Å². The van der Waals surface area contributed by atoms with E-state index in [4.69, 9.17) is 28.4 Å². The van der Waals surface area contributed by atoms with E-state index in [1.807, 2.05) is 36.4 Å². The van der Waals surface area contributed by atoms with Crippen molar-refractivity contribution >= 4 is 28.8 Å². The first kappa shape index (κ1) is 51.3. The number of hydrogen-bond acceptors (Lipinski definition) is 9. The third-order valence-corrected chi connectivity index (χ3v) is 11.6. The van der Waals surface area contributed by atoms with Gasteiger partial charge < -0.3 is 28.4 Å². The molecular formula is C57H48F3O9S+. The molecule has 356 valence electrons. The lowest BCUT2D eigenvalue weighted by Crippen LogP contribution is -2.29. The number of carbonyl (C=O) groups excluding carboxylic acids is 3. The Kier molecular flexibility index (Phi) is 17.1. The molecule has 0 aliphatic heterocycles. The van der Waals surface area contributed by atoms with E-state index in [-0.39, 0.29) is 37.3 Å². The molecule has 0 unspecified atom stereocenters. The van der Waals surface area contributed by atoms with Gasteiger partial charge in [0.05, 0.1) is 10.9 Å². The maximum atomic E-state index is 13.3. The van der Waals surface area contributed by atoms with Crippen LogP contribution in [0.25, 0.3) is 0 Å². The predicted molar refractivity (Wildman–Crippen MR) is 258 cm³/mol. The van der Waals surface area contributed by atoms with Gasteiger partial charge in [-0.25, -0.2) is 27.6 Å². The third-order valence-electron chi connectivity index (χ3n) is 9.41. The Hall–Kier alpha value is -8.05. The van der Waals surface area contributed by atoms with Crippen LogP contribution < -0.4 is 14.2 Å². The molecular weight excluding hydrogens is 918 g/mol. The molecule has 0 heterocycles. The fraction of sp³-hybridized carbons (Fsp3) is 0.211. The van der Waals surface area contributed by atoms with E-state index in [0.29, 0.717) is 33.9 Å². The topological polar surface area (TPSA) is 107 Å². The predicted octanol–water partition coefficient (Wildman–Crippen LogP) is 10.5. The van der Waals surface area contributed by atoms with Gasteiger partial charge >= 0.3 is 17.9 Å². The van der Waals surface area contributed by atoms with Crippen LogP contribution in [0.2, 0.25) is 0 Å². The molecule has 13 heteroatoms. The van der Waals surface area contributed by atoms with Crippen LogP contribution in [-0.2, 0) is 39.5 Å². The molecule has 0 radical (unpaired) electrons. The van der Waals surface area contributed by atoms with Crippen molar-refractivity contribution in [2.45, 2.75) is 73.0 Å². The standard InChI is InChI=1S/C57H48F3O9S/c1-55(2,34-31-40-7-13-43(58)14-8-40)67-52(61)37-64-46-19-25-49(26-20-46)70(50-27-21-47(22-28-50)65-38-53(62)68-56(3,4)35-32-41-9-15-44(59)16-10-41)51-29-23-48(24-30-51)66-39-54(63)69-57(5,6)36-33-42-11-17-45(60)18-12-42/h7-30H,37-39H2,1-6H3/q+1. The highest BCUT2D eigenvalue weighted by Gasteiger charge is 2.30. The van der Waals surface area contributed by atoms with Gasteiger partial charge in [-0.05, 0) is 187 Å². The zero-order valence-corrected chi connectivity index (χ0v) is 40.0. The zero-order valence-electron chi connectivity index (χ0n) is 39.2. The van der Waals surface area contributed by atoms with Crippen LogP contribution in [0.4, 0.5) is 13.2 Å². The molecule has 0 saturated heterocycles. The van der Waals surface area contributed by atoms with E-state index < -0.39 is 45.6 Å².